The van der Waals surface area contributed by atoms with Gasteiger partial charge in [-0.1, -0.05) is 12.1 Å². The minimum atomic E-state index is -1.19. The zero-order valence-corrected chi connectivity index (χ0v) is 11.9. The number of aromatic nitrogens is 1. The molecule has 2 rings (SSSR count). The van der Waals surface area contributed by atoms with E-state index in [0.717, 1.165) is 9.13 Å². The predicted octanol–water partition coefficient (Wildman–Crippen LogP) is 2.58. The van der Waals surface area contributed by atoms with E-state index in [1.807, 2.05) is 24.3 Å². The van der Waals surface area contributed by atoms with Crippen LogP contribution < -0.4 is 5.73 Å². The molecular weight excluding hydrogens is 347 g/mol. The van der Waals surface area contributed by atoms with Crippen molar-refractivity contribution >= 4 is 39.1 Å². The fourth-order valence-corrected chi connectivity index (χ4v) is 2.89. The maximum absolute atomic E-state index is 12.1. The second-order valence-corrected chi connectivity index (χ2v) is 6.13. The molecule has 1 heterocycles. The summed E-state index contributed by atoms with van der Waals surface area (Å²) in [7, 11) is -1.19. The Labute approximate surface area is 116 Å². The summed E-state index contributed by atoms with van der Waals surface area (Å²) in [5, 5.41) is 0.464. The molecule has 1 atom stereocenters. The Bertz CT molecular complexity index is 542. The van der Waals surface area contributed by atoms with Gasteiger partial charge >= 0.3 is 0 Å². The predicted molar refractivity (Wildman–Crippen MR) is 77.9 cm³/mol. The van der Waals surface area contributed by atoms with Crippen LogP contribution in [-0.2, 0) is 16.6 Å². The highest BCUT2D eigenvalue weighted by atomic mass is 127. The van der Waals surface area contributed by atoms with Crippen molar-refractivity contribution in [2.24, 2.45) is 0 Å². The first kappa shape index (κ1) is 12.5. The third kappa shape index (κ3) is 3.26. The second kappa shape index (κ2) is 5.59. The van der Waals surface area contributed by atoms with Crippen LogP contribution >= 0.6 is 22.6 Å². The molecule has 2 N–H and O–H groups in total. The molecule has 0 saturated heterocycles. The summed E-state index contributed by atoms with van der Waals surface area (Å²) >= 11 is 2.24. The van der Waals surface area contributed by atoms with Gasteiger partial charge in [0, 0.05) is 9.77 Å². The van der Waals surface area contributed by atoms with Crippen molar-refractivity contribution in [3.8, 4) is 0 Å². The number of anilines is 1. The van der Waals surface area contributed by atoms with Crippen LogP contribution in [0.4, 0.5) is 5.69 Å². The van der Waals surface area contributed by atoms with Crippen molar-refractivity contribution in [3.05, 3.63) is 51.7 Å². The molecule has 17 heavy (non-hydrogen) atoms. The molecule has 3 nitrogen and oxygen atoms in total. The van der Waals surface area contributed by atoms with Gasteiger partial charge in [0.05, 0.1) is 22.2 Å². The molecule has 1 aromatic heterocycles. The van der Waals surface area contributed by atoms with E-state index in [-0.39, 0.29) is 0 Å². The summed E-state index contributed by atoms with van der Waals surface area (Å²) in [5.41, 5.74) is 7.25. The van der Waals surface area contributed by atoms with Crippen molar-refractivity contribution in [1.29, 1.82) is 0 Å². The molecular formula is C12H11IN2OS. The first-order valence-corrected chi connectivity index (χ1v) is 7.40. The van der Waals surface area contributed by atoms with Gasteiger partial charge in [-0.15, -0.1) is 0 Å². The topological polar surface area (TPSA) is 56.0 Å². The Hall–Kier alpha value is -0.950. The zero-order chi connectivity index (χ0) is 12.3. The molecule has 0 aliphatic rings. The molecule has 0 aliphatic heterocycles. The first-order valence-electron chi connectivity index (χ1n) is 5.00. The number of benzene rings is 1. The third-order valence-electron chi connectivity index (χ3n) is 2.23. The van der Waals surface area contributed by atoms with Crippen LogP contribution in [0.5, 0.6) is 0 Å². The van der Waals surface area contributed by atoms with Gasteiger partial charge in [-0.3, -0.25) is 4.21 Å². The highest BCUT2D eigenvalue weighted by molar-refractivity contribution is 14.1. The van der Waals surface area contributed by atoms with Crippen LogP contribution in [0.1, 0.15) is 5.56 Å². The average Bonchev–Trinajstić information content (AvgIpc) is 2.32. The Balaban J connectivity index is 2.17. The number of pyridine rings is 1. The van der Waals surface area contributed by atoms with Gasteiger partial charge in [-0.25, -0.2) is 4.98 Å². The lowest BCUT2D eigenvalue weighted by molar-refractivity contribution is 0.680. The minimum absolute atomic E-state index is 0.443. The summed E-state index contributed by atoms with van der Waals surface area (Å²) in [4.78, 5) is 4.07. The smallest absolute Gasteiger partial charge is 0.150 e. The maximum atomic E-state index is 12.1. The largest absolute Gasteiger partial charge is 0.396 e. The Kier molecular flexibility index (Phi) is 4.11. The van der Waals surface area contributed by atoms with Gasteiger partial charge in [0.25, 0.3) is 0 Å². The Morgan fingerprint density at radius 2 is 1.94 bits per heavy atom. The molecule has 0 saturated carbocycles. The Morgan fingerprint density at radius 3 is 2.59 bits per heavy atom. The summed E-state index contributed by atoms with van der Waals surface area (Å²) in [5.74, 6) is 0.443. The minimum Gasteiger partial charge on any atom is -0.396 e. The van der Waals surface area contributed by atoms with Crippen LogP contribution in [0, 0.1) is 3.57 Å². The SMILES string of the molecule is Nc1cccnc1S(=O)Cc1ccc(I)cc1. The fraction of sp³-hybridized carbons (Fsp3) is 0.0833. The van der Waals surface area contributed by atoms with Gasteiger partial charge in [0.2, 0.25) is 0 Å². The van der Waals surface area contributed by atoms with Crippen molar-refractivity contribution < 1.29 is 4.21 Å². The fourth-order valence-electron chi connectivity index (χ4n) is 1.39. The molecule has 2 aromatic rings. The summed E-state index contributed by atoms with van der Waals surface area (Å²) in [6, 6.07) is 11.4. The van der Waals surface area contributed by atoms with Crippen LogP contribution in [0.25, 0.3) is 0 Å². The van der Waals surface area contributed by atoms with E-state index in [0.29, 0.717) is 16.5 Å². The highest BCUT2D eigenvalue weighted by Crippen LogP contribution is 2.16. The van der Waals surface area contributed by atoms with E-state index >= 15 is 0 Å². The molecule has 0 aliphatic carbocycles. The highest BCUT2D eigenvalue weighted by Gasteiger charge is 2.09. The van der Waals surface area contributed by atoms with Gasteiger partial charge in [0.1, 0.15) is 5.03 Å². The van der Waals surface area contributed by atoms with Gasteiger partial charge in [0.15, 0.2) is 0 Å². The summed E-state index contributed by atoms with van der Waals surface area (Å²) < 4.78 is 13.2. The molecule has 0 bridgehead atoms. The number of rotatable bonds is 3. The normalized spacial score (nSPS) is 12.3. The molecule has 0 spiro atoms. The van der Waals surface area contributed by atoms with Crippen molar-refractivity contribution in [2.75, 3.05) is 5.73 Å². The lowest BCUT2D eigenvalue weighted by Gasteiger charge is -2.04. The van der Waals surface area contributed by atoms with Gasteiger partial charge < -0.3 is 5.73 Å². The van der Waals surface area contributed by atoms with Crippen molar-refractivity contribution in [1.82, 2.24) is 4.98 Å². The van der Waals surface area contributed by atoms with Crippen LogP contribution in [-0.4, -0.2) is 9.19 Å². The number of hydrogen-bond acceptors (Lipinski definition) is 3. The number of nitrogens with zero attached hydrogens (tertiary/aromatic N) is 1. The van der Waals surface area contributed by atoms with E-state index in [1.165, 1.54) is 0 Å². The van der Waals surface area contributed by atoms with Gasteiger partial charge in [-0.2, -0.15) is 0 Å². The number of nitrogen functional groups attached to an aromatic ring is 1. The molecule has 0 fully saturated rings. The lowest BCUT2D eigenvalue weighted by atomic mass is 10.2. The molecule has 0 radical (unpaired) electrons. The van der Waals surface area contributed by atoms with Gasteiger partial charge in [-0.05, 0) is 52.4 Å². The van der Waals surface area contributed by atoms with Crippen LogP contribution in [0.2, 0.25) is 0 Å². The van der Waals surface area contributed by atoms with E-state index in [4.69, 9.17) is 5.73 Å². The zero-order valence-electron chi connectivity index (χ0n) is 8.97. The van der Waals surface area contributed by atoms with E-state index in [2.05, 4.69) is 27.6 Å². The number of hydrogen-bond donors (Lipinski definition) is 1. The lowest BCUT2D eigenvalue weighted by Crippen LogP contribution is -2.03. The number of halogens is 1. The van der Waals surface area contributed by atoms with Crippen molar-refractivity contribution in [2.45, 2.75) is 10.8 Å². The van der Waals surface area contributed by atoms with Crippen LogP contribution in [0.3, 0.4) is 0 Å². The Morgan fingerprint density at radius 1 is 1.24 bits per heavy atom. The van der Waals surface area contributed by atoms with Crippen molar-refractivity contribution in [3.63, 3.8) is 0 Å². The maximum Gasteiger partial charge on any atom is 0.150 e. The average molecular weight is 358 g/mol. The second-order valence-electron chi connectivity index (χ2n) is 3.51. The molecule has 88 valence electrons. The van der Waals surface area contributed by atoms with E-state index < -0.39 is 10.8 Å². The van der Waals surface area contributed by atoms with E-state index in [1.54, 1.807) is 18.3 Å². The first-order chi connectivity index (χ1) is 8.16. The standard InChI is InChI=1S/C12H11IN2OS/c13-10-5-3-9(4-6-10)8-17(16)12-11(14)2-1-7-15-12/h1-7H,8,14H2. The molecule has 1 unspecified atom stereocenters. The third-order valence-corrected chi connectivity index (χ3v) is 4.31. The summed E-state index contributed by atoms with van der Waals surface area (Å²) in [6.07, 6.45) is 1.61. The summed E-state index contributed by atoms with van der Waals surface area (Å²) in [6.45, 7) is 0. The van der Waals surface area contributed by atoms with E-state index in [9.17, 15) is 4.21 Å². The molecule has 5 heteroatoms. The molecule has 0 amide bonds. The quantitative estimate of drug-likeness (QED) is 0.859. The molecule has 1 aromatic carbocycles. The monoisotopic (exact) mass is 358 g/mol. The number of nitrogens with two attached hydrogens (primary N) is 1. The van der Waals surface area contributed by atoms with Crippen LogP contribution in [0.15, 0.2) is 47.6 Å².